The van der Waals surface area contributed by atoms with E-state index in [-0.39, 0.29) is 28.8 Å². The van der Waals surface area contributed by atoms with E-state index in [4.69, 9.17) is 16.3 Å². The van der Waals surface area contributed by atoms with Crippen molar-refractivity contribution in [2.75, 3.05) is 25.5 Å². The normalized spacial score (nSPS) is 17.6. The molecule has 0 aliphatic carbocycles. The van der Waals surface area contributed by atoms with Crippen molar-refractivity contribution in [2.45, 2.75) is 17.7 Å². The lowest BCUT2D eigenvalue weighted by Gasteiger charge is -2.31. The molecule has 6 nitrogen and oxygen atoms in total. The van der Waals surface area contributed by atoms with Crippen LogP contribution in [0.3, 0.4) is 0 Å². The van der Waals surface area contributed by atoms with Gasteiger partial charge in [-0.25, -0.2) is 21.6 Å². The highest BCUT2D eigenvalue weighted by molar-refractivity contribution is 7.89. The third-order valence-corrected chi connectivity index (χ3v) is 6.91. The first-order chi connectivity index (χ1) is 14.1. The van der Waals surface area contributed by atoms with Gasteiger partial charge in [0.1, 0.15) is 10.6 Å². The van der Waals surface area contributed by atoms with E-state index in [0.717, 1.165) is 10.4 Å². The second-order valence-electron chi connectivity index (χ2n) is 6.71. The zero-order valence-electron chi connectivity index (χ0n) is 15.8. The Bertz CT molecular complexity index is 1080. The molecule has 11 heteroatoms. The standard InChI is InChI=1S/C19H18ClF3N2O4S/c1-29-15-7-4-12(20)9-16(15)30(27,28)25-8-2-3-11(10-25)19(26)24-14-6-5-13(21)17(22)18(14)23/h4-7,9,11H,2-3,8,10H2,1H3,(H,24,26). The van der Waals surface area contributed by atoms with E-state index < -0.39 is 45.0 Å². The van der Waals surface area contributed by atoms with Crippen molar-refractivity contribution in [3.8, 4) is 5.75 Å². The molecular formula is C19H18ClF3N2O4S. The quantitative estimate of drug-likeness (QED) is 0.686. The molecule has 30 heavy (non-hydrogen) atoms. The number of nitrogens with one attached hydrogen (secondary N) is 1. The molecule has 3 rings (SSSR count). The van der Waals surface area contributed by atoms with Gasteiger partial charge >= 0.3 is 0 Å². The SMILES string of the molecule is COc1ccc(Cl)cc1S(=O)(=O)N1CCCC(C(=O)Nc2ccc(F)c(F)c2F)C1. The maximum absolute atomic E-state index is 13.8. The van der Waals surface area contributed by atoms with E-state index in [1.807, 2.05) is 0 Å². The molecule has 1 fully saturated rings. The fourth-order valence-electron chi connectivity index (χ4n) is 3.22. The molecule has 0 radical (unpaired) electrons. The topological polar surface area (TPSA) is 75.7 Å². The minimum atomic E-state index is -4.03. The minimum absolute atomic E-state index is 0.106. The van der Waals surface area contributed by atoms with Gasteiger partial charge in [-0.3, -0.25) is 4.79 Å². The van der Waals surface area contributed by atoms with Crippen LogP contribution in [0.1, 0.15) is 12.8 Å². The fraction of sp³-hybridized carbons (Fsp3) is 0.316. The number of halogens is 4. The number of hydrogen-bond acceptors (Lipinski definition) is 4. The van der Waals surface area contributed by atoms with E-state index in [0.29, 0.717) is 18.9 Å². The number of hydrogen-bond donors (Lipinski definition) is 1. The van der Waals surface area contributed by atoms with Crippen LogP contribution in [0.5, 0.6) is 5.75 Å². The zero-order chi connectivity index (χ0) is 22.1. The summed E-state index contributed by atoms with van der Waals surface area (Å²) in [7, 11) is -2.70. The molecule has 0 aromatic heterocycles. The van der Waals surface area contributed by atoms with Crippen LogP contribution in [-0.4, -0.2) is 38.8 Å². The number of anilines is 1. The Labute approximate surface area is 176 Å². The number of carbonyl (C=O) groups excluding carboxylic acids is 1. The summed E-state index contributed by atoms with van der Waals surface area (Å²) in [5.41, 5.74) is -0.518. The van der Waals surface area contributed by atoms with Crippen molar-refractivity contribution in [3.05, 3.63) is 52.8 Å². The van der Waals surface area contributed by atoms with Gasteiger partial charge in [-0.1, -0.05) is 11.6 Å². The van der Waals surface area contributed by atoms with E-state index in [1.165, 1.54) is 25.3 Å². The lowest BCUT2D eigenvalue weighted by atomic mass is 9.98. The highest BCUT2D eigenvalue weighted by atomic mass is 35.5. The maximum atomic E-state index is 13.8. The Balaban J connectivity index is 1.81. The number of methoxy groups -OCH3 is 1. The molecule has 1 amide bonds. The lowest BCUT2D eigenvalue weighted by molar-refractivity contribution is -0.120. The number of sulfonamides is 1. The molecular weight excluding hydrogens is 445 g/mol. The maximum Gasteiger partial charge on any atom is 0.246 e. The molecule has 0 saturated carbocycles. The predicted molar refractivity (Wildman–Crippen MR) is 104 cm³/mol. The molecule has 1 saturated heterocycles. The summed E-state index contributed by atoms with van der Waals surface area (Å²) in [4.78, 5) is 12.4. The van der Waals surface area contributed by atoms with E-state index in [1.54, 1.807) is 0 Å². The molecule has 1 heterocycles. The van der Waals surface area contributed by atoms with E-state index in [2.05, 4.69) is 5.32 Å². The molecule has 1 N–H and O–H groups in total. The predicted octanol–water partition coefficient (Wildman–Crippen LogP) is 3.81. The third-order valence-electron chi connectivity index (χ3n) is 4.79. The van der Waals surface area contributed by atoms with Crippen molar-refractivity contribution in [2.24, 2.45) is 5.92 Å². The minimum Gasteiger partial charge on any atom is -0.495 e. The van der Waals surface area contributed by atoms with Crippen LogP contribution in [-0.2, 0) is 14.8 Å². The summed E-state index contributed by atoms with van der Waals surface area (Å²) in [6, 6.07) is 5.77. The van der Waals surface area contributed by atoms with Crippen molar-refractivity contribution in [3.63, 3.8) is 0 Å². The van der Waals surface area contributed by atoms with Gasteiger partial charge < -0.3 is 10.1 Å². The molecule has 2 aromatic rings. The van der Waals surface area contributed by atoms with Crippen molar-refractivity contribution in [1.82, 2.24) is 4.31 Å². The average molecular weight is 463 g/mol. The smallest absolute Gasteiger partial charge is 0.246 e. The summed E-state index contributed by atoms with van der Waals surface area (Å²) in [6.45, 7) is -0.00352. The van der Waals surface area contributed by atoms with Crippen molar-refractivity contribution < 1.29 is 31.1 Å². The molecule has 1 aliphatic heterocycles. The number of piperidine rings is 1. The number of carbonyl (C=O) groups is 1. The van der Waals surface area contributed by atoms with Gasteiger partial charge in [-0.05, 0) is 43.2 Å². The van der Waals surface area contributed by atoms with Gasteiger partial charge in [0.05, 0.1) is 18.7 Å². The molecule has 1 aliphatic rings. The van der Waals surface area contributed by atoms with Gasteiger partial charge in [0.15, 0.2) is 17.5 Å². The summed E-state index contributed by atoms with van der Waals surface area (Å²) in [5, 5.41) is 2.41. The Morgan fingerprint density at radius 1 is 1.20 bits per heavy atom. The van der Waals surface area contributed by atoms with E-state index in [9.17, 15) is 26.4 Å². The first-order valence-electron chi connectivity index (χ1n) is 8.93. The van der Waals surface area contributed by atoms with Gasteiger partial charge in [-0.15, -0.1) is 0 Å². The first-order valence-corrected chi connectivity index (χ1v) is 10.7. The Morgan fingerprint density at radius 3 is 2.63 bits per heavy atom. The summed E-state index contributed by atoms with van der Waals surface area (Å²) < 4.78 is 72.7. The molecule has 2 aromatic carbocycles. The monoisotopic (exact) mass is 462 g/mol. The van der Waals surface area contributed by atoms with Crippen LogP contribution in [0.15, 0.2) is 35.2 Å². The average Bonchev–Trinajstić information content (AvgIpc) is 2.74. The third kappa shape index (κ3) is 4.40. The van der Waals surface area contributed by atoms with Gasteiger partial charge in [-0.2, -0.15) is 4.31 Å². The molecule has 1 atom stereocenters. The van der Waals surface area contributed by atoms with Crippen LogP contribution >= 0.6 is 11.6 Å². The summed E-state index contributed by atoms with van der Waals surface area (Å²) >= 11 is 5.93. The van der Waals surface area contributed by atoms with Gasteiger partial charge in [0.25, 0.3) is 0 Å². The lowest BCUT2D eigenvalue weighted by Crippen LogP contribution is -2.43. The second-order valence-corrected chi connectivity index (χ2v) is 9.05. The highest BCUT2D eigenvalue weighted by Crippen LogP contribution is 2.32. The van der Waals surface area contributed by atoms with E-state index >= 15 is 0 Å². The summed E-state index contributed by atoms with van der Waals surface area (Å²) in [5.74, 6) is -6.00. The first kappa shape index (κ1) is 22.4. The van der Waals surface area contributed by atoms with Gasteiger partial charge in [0, 0.05) is 18.1 Å². The largest absolute Gasteiger partial charge is 0.495 e. The van der Waals surface area contributed by atoms with Crippen LogP contribution in [0.2, 0.25) is 5.02 Å². The molecule has 0 spiro atoms. The van der Waals surface area contributed by atoms with Gasteiger partial charge in [0.2, 0.25) is 15.9 Å². The van der Waals surface area contributed by atoms with Crippen molar-refractivity contribution in [1.29, 1.82) is 0 Å². The fourth-order valence-corrected chi connectivity index (χ4v) is 5.17. The molecule has 1 unspecified atom stereocenters. The van der Waals surface area contributed by atoms with Crippen molar-refractivity contribution >= 4 is 33.2 Å². The Morgan fingerprint density at radius 2 is 1.93 bits per heavy atom. The van der Waals surface area contributed by atoms with Crippen LogP contribution in [0.25, 0.3) is 0 Å². The Hall–Kier alpha value is -2.30. The molecule has 0 bridgehead atoms. The summed E-state index contributed by atoms with van der Waals surface area (Å²) in [6.07, 6.45) is 0.719. The number of amides is 1. The number of ether oxygens (including phenoxy) is 1. The highest BCUT2D eigenvalue weighted by Gasteiger charge is 2.35. The van der Waals surface area contributed by atoms with Crippen LogP contribution in [0, 0.1) is 23.4 Å². The number of benzene rings is 2. The second kappa shape index (κ2) is 8.83. The number of nitrogens with zero attached hydrogens (tertiary/aromatic N) is 1. The zero-order valence-corrected chi connectivity index (χ0v) is 17.4. The number of rotatable bonds is 5. The van der Waals surface area contributed by atoms with Crippen LogP contribution in [0.4, 0.5) is 18.9 Å². The van der Waals surface area contributed by atoms with Crippen LogP contribution < -0.4 is 10.1 Å². The Kier molecular flexibility index (Phi) is 6.59. The molecule has 162 valence electrons.